The molecule has 0 aliphatic heterocycles. The van der Waals surface area contributed by atoms with Crippen LogP contribution in [0, 0.1) is 24.1 Å². The molecule has 3 aromatic carbocycles. The van der Waals surface area contributed by atoms with Crippen molar-refractivity contribution in [1.82, 2.24) is 0 Å². The van der Waals surface area contributed by atoms with Crippen LogP contribution in [0.25, 0.3) is 11.1 Å². The number of nitrogens with zero attached hydrogens (tertiary/aromatic N) is 1. The molecule has 2 N–H and O–H groups in total. The molecule has 6 heteroatoms. The molecule has 4 rings (SSSR count). The molecule has 0 aliphatic carbocycles. The summed E-state index contributed by atoms with van der Waals surface area (Å²) in [5, 5.41) is 15.7. The number of rotatable bonds is 6. The summed E-state index contributed by atoms with van der Waals surface area (Å²) in [5.74, 6) is -0.778. The smallest absolute Gasteiger partial charge is 0.258 e. The highest BCUT2D eigenvalue weighted by molar-refractivity contribution is 6.06. The highest BCUT2D eigenvalue weighted by Crippen LogP contribution is 2.31. The second-order valence-electron chi connectivity index (χ2n) is 7.73. The first-order valence-corrected chi connectivity index (χ1v) is 10.5. The first kappa shape index (κ1) is 21.8. The van der Waals surface area contributed by atoms with Gasteiger partial charge in [0.15, 0.2) is 0 Å². The number of hydrogen-bond acceptors (Lipinski definition) is 4. The number of halogens is 1. The molecule has 4 aromatic rings. The van der Waals surface area contributed by atoms with Gasteiger partial charge in [-0.2, -0.15) is 5.26 Å². The van der Waals surface area contributed by atoms with Gasteiger partial charge in [0.2, 0.25) is 0 Å². The van der Waals surface area contributed by atoms with Crippen molar-refractivity contribution in [2.75, 3.05) is 10.6 Å². The van der Waals surface area contributed by atoms with E-state index in [-0.39, 0.29) is 17.5 Å². The molecular formula is C27H22FN3O2. The van der Waals surface area contributed by atoms with E-state index in [0.29, 0.717) is 16.8 Å². The number of nitrogens with one attached hydrogen (secondary N) is 2. The lowest BCUT2D eigenvalue weighted by molar-refractivity contribution is 0.102. The molecule has 0 saturated carbocycles. The first-order chi connectivity index (χ1) is 16.0. The van der Waals surface area contributed by atoms with Gasteiger partial charge >= 0.3 is 0 Å². The van der Waals surface area contributed by atoms with Gasteiger partial charge in [-0.3, -0.25) is 4.79 Å². The van der Waals surface area contributed by atoms with E-state index in [1.165, 1.54) is 18.6 Å². The number of benzene rings is 3. The second-order valence-corrected chi connectivity index (χ2v) is 7.73. The highest BCUT2D eigenvalue weighted by Gasteiger charge is 2.15. The number of nitriles is 1. The maximum Gasteiger partial charge on any atom is 0.258 e. The molecule has 1 atom stereocenters. The zero-order valence-electron chi connectivity index (χ0n) is 18.2. The van der Waals surface area contributed by atoms with Crippen LogP contribution in [0.4, 0.5) is 15.8 Å². The molecule has 5 nitrogen and oxygen atoms in total. The van der Waals surface area contributed by atoms with Crippen LogP contribution >= 0.6 is 0 Å². The van der Waals surface area contributed by atoms with Gasteiger partial charge in [0.1, 0.15) is 18.1 Å². The zero-order valence-corrected chi connectivity index (χ0v) is 18.2. The van der Waals surface area contributed by atoms with Gasteiger partial charge in [0, 0.05) is 11.6 Å². The highest BCUT2D eigenvalue weighted by atomic mass is 19.1. The third-order valence-corrected chi connectivity index (χ3v) is 5.51. The van der Waals surface area contributed by atoms with Crippen LogP contribution in [0.1, 0.15) is 40.0 Å². The number of anilines is 2. The van der Waals surface area contributed by atoms with E-state index in [1.54, 1.807) is 18.2 Å². The lowest BCUT2D eigenvalue weighted by Gasteiger charge is -2.20. The summed E-state index contributed by atoms with van der Waals surface area (Å²) in [6.07, 6.45) is 2.86. The van der Waals surface area contributed by atoms with E-state index in [9.17, 15) is 14.4 Å². The van der Waals surface area contributed by atoms with Crippen molar-refractivity contribution in [2.45, 2.75) is 19.9 Å². The van der Waals surface area contributed by atoms with Gasteiger partial charge in [0.25, 0.3) is 5.91 Å². The predicted molar refractivity (Wildman–Crippen MR) is 126 cm³/mol. The molecule has 0 bridgehead atoms. The fraction of sp³-hybridized carbons (Fsp3) is 0.111. The third-order valence-electron chi connectivity index (χ3n) is 5.51. The van der Waals surface area contributed by atoms with Crippen molar-refractivity contribution >= 4 is 17.3 Å². The molecule has 1 aromatic heterocycles. The molecule has 33 heavy (non-hydrogen) atoms. The standard InChI is InChI=1S/C27H22FN3O2/c1-17-5-3-8-25(26(17)31-27(32)21-13-14-33-16-21)30-18(2)19-9-11-20(12-10-19)22-6-4-7-24(28)23(22)15-29/h3-14,16,18,30H,1-2H3,(H,31,32). The minimum atomic E-state index is -0.529. The van der Waals surface area contributed by atoms with Crippen LogP contribution < -0.4 is 10.6 Å². The molecule has 1 amide bonds. The Morgan fingerprint density at radius 3 is 2.52 bits per heavy atom. The van der Waals surface area contributed by atoms with E-state index in [1.807, 2.05) is 62.4 Å². The lowest BCUT2D eigenvalue weighted by atomic mass is 9.97. The van der Waals surface area contributed by atoms with Crippen LogP contribution in [0.2, 0.25) is 0 Å². The number of hydrogen-bond donors (Lipinski definition) is 2. The van der Waals surface area contributed by atoms with Crippen molar-refractivity contribution in [1.29, 1.82) is 5.26 Å². The van der Waals surface area contributed by atoms with Crippen LogP contribution in [0.5, 0.6) is 0 Å². The van der Waals surface area contributed by atoms with Gasteiger partial charge < -0.3 is 15.1 Å². The van der Waals surface area contributed by atoms with Gasteiger partial charge in [-0.05, 0) is 48.7 Å². The Morgan fingerprint density at radius 1 is 1.06 bits per heavy atom. The van der Waals surface area contributed by atoms with Gasteiger partial charge in [0.05, 0.1) is 28.8 Å². The fourth-order valence-corrected chi connectivity index (χ4v) is 3.68. The maximum absolute atomic E-state index is 14.0. The third kappa shape index (κ3) is 4.63. The van der Waals surface area contributed by atoms with Crippen LogP contribution in [0.15, 0.2) is 83.7 Å². The van der Waals surface area contributed by atoms with E-state index >= 15 is 0 Å². The average Bonchev–Trinajstić information content (AvgIpc) is 3.36. The maximum atomic E-state index is 14.0. The molecular weight excluding hydrogens is 417 g/mol. The summed E-state index contributed by atoms with van der Waals surface area (Å²) in [4.78, 5) is 12.5. The monoisotopic (exact) mass is 439 g/mol. The Morgan fingerprint density at radius 2 is 1.82 bits per heavy atom. The molecule has 1 unspecified atom stereocenters. The Hall–Kier alpha value is -4.37. The van der Waals surface area contributed by atoms with Crippen LogP contribution in [0.3, 0.4) is 0 Å². The Labute approximate surface area is 191 Å². The number of carbonyl (C=O) groups is 1. The van der Waals surface area contributed by atoms with Crippen LogP contribution in [-0.2, 0) is 0 Å². The van der Waals surface area contributed by atoms with Crippen molar-refractivity contribution in [2.24, 2.45) is 0 Å². The molecule has 0 aliphatic rings. The second kappa shape index (κ2) is 9.41. The summed E-state index contributed by atoms with van der Waals surface area (Å²) in [7, 11) is 0. The van der Waals surface area contributed by atoms with Crippen LogP contribution in [-0.4, -0.2) is 5.91 Å². The molecule has 164 valence electrons. The topological polar surface area (TPSA) is 78.1 Å². The minimum Gasteiger partial charge on any atom is -0.472 e. The number of para-hydroxylation sites is 1. The normalized spacial score (nSPS) is 11.5. The van der Waals surface area contributed by atoms with Gasteiger partial charge in [-0.15, -0.1) is 0 Å². The summed E-state index contributed by atoms with van der Waals surface area (Å²) < 4.78 is 19.0. The van der Waals surface area contributed by atoms with Crippen molar-refractivity contribution in [3.05, 3.63) is 107 Å². The van der Waals surface area contributed by atoms with Gasteiger partial charge in [-0.1, -0.05) is 48.5 Å². The van der Waals surface area contributed by atoms with E-state index < -0.39 is 5.82 Å². The fourth-order valence-electron chi connectivity index (χ4n) is 3.68. The number of carbonyl (C=O) groups excluding carboxylic acids is 1. The Kier molecular flexibility index (Phi) is 6.23. The van der Waals surface area contributed by atoms with Crippen molar-refractivity contribution in [3.63, 3.8) is 0 Å². The largest absolute Gasteiger partial charge is 0.472 e. The average molecular weight is 439 g/mol. The summed E-state index contributed by atoms with van der Waals surface area (Å²) in [6.45, 7) is 3.95. The summed E-state index contributed by atoms with van der Waals surface area (Å²) in [5.41, 5.74) is 5.23. The van der Waals surface area contributed by atoms with Gasteiger partial charge in [-0.25, -0.2) is 4.39 Å². The quantitative estimate of drug-likeness (QED) is 0.351. The molecule has 0 fully saturated rings. The predicted octanol–water partition coefficient (Wildman–Crippen LogP) is 6.69. The summed E-state index contributed by atoms with van der Waals surface area (Å²) >= 11 is 0. The van der Waals surface area contributed by atoms with E-state index in [0.717, 1.165) is 22.4 Å². The lowest BCUT2D eigenvalue weighted by Crippen LogP contribution is -2.15. The molecule has 0 saturated heterocycles. The van der Waals surface area contributed by atoms with Crippen molar-refractivity contribution < 1.29 is 13.6 Å². The van der Waals surface area contributed by atoms with E-state index in [2.05, 4.69) is 10.6 Å². The zero-order chi connectivity index (χ0) is 23.4. The minimum absolute atomic E-state index is 0.0363. The molecule has 0 radical (unpaired) electrons. The SMILES string of the molecule is Cc1cccc(NC(C)c2ccc(-c3cccc(F)c3C#N)cc2)c1NC(=O)c1ccoc1. The number of furan rings is 1. The van der Waals surface area contributed by atoms with Crippen molar-refractivity contribution in [3.8, 4) is 17.2 Å². The number of amides is 1. The van der Waals surface area contributed by atoms with E-state index in [4.69, 9.17) is 4.42 Å². The summed E-state index contributed by atoms with van der Waals surface area (Å²) in [6, 6.07) is 21.5. The first-order valence-electron chi connectivity index (χ1n) is 10.5. The Balaban J connectivity index is 1.55. The number of aryl methyl sites for hydroxylation is 1. The molecule has 1 heterocycles. The molecule has 0 spiro atoms. The Bertz CT molecular complexity index is 1320.